The molecule has 0 saturated carbocycles. The van der Waals surface area contributed by atoms with Crippen molar-refractivity contribution < 1.29 is 23.8 Å². The molecule has 2 rings (SSSR count). The van der Waals surface area contributed by atoms with E-state index in [-0.39, 0.29) is 13.0 Å². The number of pyridine rings is 1. The van der Waals surface area contributed by atoms with Crippen LogP contribution in [0.25, 0.3) is 0 Å². The molecule has 7 heteroatoms. The van der Waals surface area contributed by atoms with Gasteiger partial charge in [-0.3, -0.25) is 4.90 Å². The third-order valence-corrected chi connectivity index (χ3v) is 3.44. The lowest BCUT2D eigenvalue weighted by Crippen LogP contribution is -2.43. The number of aromatic nitrogens is 1. The van der Waals surface area contributed by atoms with Crippen LogP contribution in [0.5, 0.6) is 0 Å². The molecule has 0 aliphatic carbocycles. The van der Waals surface area contributed by atoms with Crippen molar-refractivity contribution in [1.29, 1.82) is 0 Å². The van der Waals surface area contributed by atoms with Crippen LogP contribution >= 0.6 is 0 Å². The first-order valence-corrected chi connectivity index (χ1v) is 7.02. The zero-order valence-corrected chi connectivity index (χ0v) is 12.7. The number of rotatable bonds is 2. The van der Waals surface area contributed by atoms with Gasteiger partial charge in [0.25, 0.3) is 0 Å². The first-order chi connectivity index (χ1) is 10.2. The number of halogens is 1. The van der Waals surface area contributed by atoms with Gasteiger partial charge in [-0.1, -0.05) is 6.07 Å². The summed E-state index contributed by atoms with van der Waals surface area (Å²) in [6.45, 7) is 5.20. The highest BCUT2D eigenvalue weighted by atomic mass is 19.1. The molecule has 120 valence electrons. The molecule has 1 fully saturated rings. The van der Waals surface area contributed by atoms with E-state index in [2.05, 4.69) is 4.98 Å². The van der Waals surface area contributed by atoms with Crippen LogP contribution in [-0.2, 0) is 9.53 Å². The summed E-state index contributed by atoms with van der Waals surface area (Å²) >= 11 is 0. The van der Waals surface area contributed by atoms with Crippen LogP contribution < -0.4 is 0 Å². The van der Waals surface area contributed by atoms with Crippen molar-refractivity contribution in [1.82, 2.24) is 9.88 Å². The zero-order valence-electron chi connectivity index (χ0n) is 12.7. The lowest BCUT2D eigenvalue weighted by Gasteiger charge is -2.26. The standard InChI is InChI=1S/C15H19FN2O4/c1-15(2,3)22-14(21)18-8-9(7-11(18)13(19)20)10-5-4-6-17-12(10)16/h4-6,9,11H,7-8H2,1-3H3,(H,19,20)/t9?,11-/m1/s1. The minimum atomic E-state index is -1.13. The largest absolute Gasteiger partial charge is 0.480 e. The van der Waals surface area contributed by atoms with E-state index in [1.807, 2.05) is 0 Å². The Kier molecular flexibility index (Phi) is 4.35. The van der Waals surface area contributed by atoms with Crippen molar-refractivity contribution in [2.45, 2.75) is 44.8 Å². The Labute approximate surface area is 127 Å². The molecule has 22 heavy (non-hydrogen) atoms. The molecule has 0 spiro atoms. The van der Waals surface area contributed by atoms with Gasteiger partial charge in [-0.25, -0.2) is 14.6 Å². The first kappa shape index (κ1) is 16.2. The van der Waals surface area contributed by atoms with Crippen molar-refractivity contribution in [2.75, 3.05) is 6.54 Å². The molecule has 2 atom stereocenters. The normalized spacial score (nSPS) is 21.7. The van der Waals surface area contributed by atoms with Crippen LogP contribution in [0.2, 0.25) is 0 Å². The van der Waals surface area contributed by atoms with Crippen LogP contribution in [0, 0.1) is 5.95 Å². The number of carboxylic acids is 1. The number of aliphatic carboxylic acids is 1. The lowest BCUT2D eigenvalue weighted by atomic mass is 9.97. The van der Waals surface area contributed by atoms with Crippen LogP contribution in [0.3, 0.4) is 0 Å². The average molecular weight is 310 g/mol. The molecule has 1 saturated heterocycles. The Bertz CT molecular complexity index is 585. The molecular formula is C15H19FN2O4. The van der Waals surface area contributed by atoms with E-state index in [1.54, 1.807) is 32.9 Å². The van der Waals surface area contributed by atoms with E-state index in [0.717, 1.165) is 4.90 Å². The number of hydrogen-bond acceptors (Lipinski definition) is 4. The molecule has 1 aliphatic heterocycles. The van der Waals surface area contributed by atoms with E-state index < -0.39 is 35.6 Å². The summed E-state index contributed by atoms with van der Waals surface area (Å²) < 4.78 is 19.0. The monoisotopic (exact) mass is 310 g/mol. The number of nitrogens with zero attached hydrogens (tertiary/aromatic N) is 2. The number of hydrogen-bond donors (Lipinski definition) is 1. The first-order valence-electron chi connectivity index (χ1n) is 7.02. The van der Waals surface area contributed by atoms with Crippen molar-refractivity contribution >= 4 is 12.1 Å². The maximum atomic E-state index is 13.8. The van der Waals surface area contributed by atoms with Crippen molar-refractivity contribution in [3.05, 3.63) is 29.8 Å². The molecule has 0 aromatic carbocycles. The number of carboxylic acid groups (broad SMARTS) is 1. The predicted octanol–water partition coefficient (Wildman–Crippen LogP) is 2.40. The fourth-order valence-electron chi connectivity index (χ4n) is 2.52. The molecule has 2 heterocycles. The maximum Gasteiger partial charge on any atom is 0.411 e. The summed E-state index contributed by atoms with van der Waals surface area (Å²) in [7, 11) is 0. The molecule has 0 radical (unpaired) electrons. The Balaban J connectivity index is 2.22. The maximum absolute atomic E-state index is 13.8. The minimum Gasteiger partial charge on any atom is -0.480 e. The molecule has 1 unspecified atom stereocenters. The molecule has 1 amide bonds. The van der Waals surface area contributed by atoms with E-state index >= 15 is 0 Å². The van der Waals surface area contributed by atoms with Crippen molar-refractivity contribution in [3.8, 4) is 0 Å². The zero-order chi connectivity index (χ0) is 16.5. The smallest absolute Gasteiger partial charge is 0.411 e. The highest BCUT2D eigenvalue weighted by Crippen LogP contribution is 2.33. The SMILES string of the molecule is CC(C)(C)OC(=O)N1CC(c2cccnc2F)C[C@@H]1C(=O)O. The molecule has 1 aromatic heterocycles. The highest BCUT2D eigenvalue weighted by molar-refractivity contribution is 5.81. The highest BCUT2D eigenvalue weighted by Gasteiger charge is 2.42. The average Bonchev–Trinajstić information content (AvgIpc) is 2.82. The number of likely N-dealkylation sites (tertiary alicyclic amines) is 1. The fraction of sp³-hybridized carbons (Fsp3) is 0.533. The van der Waals surface area contributed by atoms with E-state index in [0.29, 0.717) is 5.56 Å². The summed E-state index contributed by atoms with van der Waals surface area (Å²) in [5.41, 5.74) is -0.405. The topological polar surface area (TPSA) is 79.7 Å². The molecule has 1 aliphatic rings. The molecule has 1 aromatic rings. The van der Waals surface area contributed by atoms with Gasteiger partial charge in [-0.15, -0.1) is 0 Å². The van der Waals surface area contributed by atoms with Gasteiger partial charge >= 0.3 is 12.1 Å². The molecule has 6 nitrogen and oxygen atoms in total. The summed E-state index contributed by atoms with van der Waals surface area (Å²) in [6.07, 6.45) is 0.761. The number of amides is 1. The van der Waals surface area contributed by atoms with Gasteiger partial charge < -0.3 is 9.84 Å². The second-order valence-electron chi connectivity index (χ2n) is 6.30. The van der Waals surface area contributed by atoms with Gasteiger partial charge in [0.1, 0.15) is 11.6 Å². The van der Waals surface area contributed by atoms with Gasteiger partial charge in [-0.05, 0) is 33.3 Å². The lowest BCUT2D eigenvalue weighted by molar-refractivity contribution is -0.142. The quantitative estimate of drug-likeness (QED) is 0.848. The predicted molar refractivity (Wildman–Crippen MR) is 75.9 cm³/mol. The van der Waals surface area contributed by atoms with Gasteiger partial charge in [-0.2, -0.15) is 4.39 Å². The molecular weight excluding hydrogens is 291 g/mol. The van der Waals surface area contributed by atoms with Gasteiger partial charge in [0.05, 0.1) is 0 Å². The molecule has 1 N–H and O–H groups in total. The third-order valence-electron chi connectivity index (χ3n) is 3.44. The van der Waals surface area contributed by atoms with Gasteiger partial charge in [0, 0.05) is 24.2 Å². The van der Waals surface area contributed by atoms with Crippen LogP contribution in [-0.4, -0.2) is 45.2 Å². The summed E-state index contributed by atoms with van der Waals surface area (Å²) in [4.78, 5) is 28.3. The van der Waals surface area contributed by atoms with Crippen LogP contribution in [0.1, 0.15) is 38.7 Å². The Morgan fingerprint density at radius 3 is 2.68 bits per heavy atom. The summed E-state index contributed by atoms with van der Waals surface area (Å²) in [6, 6.07) is 2.12. The Morgan fingerprint density at radius 2 is 2.14 bits per heavy atom. The summed E-state index contributed by atoms with van der Waals surface area (Å²) in [5.74, 6) is -2.18. The van der Waals surface area contributed by atoms with Crippen LogP contribution in [0.4, 0.5) is 9.18 Å². The second-order valence-corrected chi connectivity index (χ2v) is 6.30. The number of carbonyl (C=O) groups excluding carboxylic acids is 1. The number of ether oxygens (including phenoxy) is 1. The molecule has 0 bridgehead atoms. The number of carbonyl (C=O) groups is 2. The van der Waals surface area contributed by atoms with Gasteiger partial charge in [0.15, 0.2) is 0 Å². The van der Waals surface area contributed by atoms with Crippen molar-refractivity contribution in [3.63, 3.8) is 0 Å². The van der Waals surface area contributed by atoms with E-state index in [9.17, 15) is 19.1 Å². The fourth-order valence-corrected chi connectivity index (χ4v) is 2.52. The summed E-state index contributed by atoms with van der Waals surface area (Å²) in [5, 5.41) is 9.31. The Hall–Kier alpha value is -2.18. The van der Waals surface area contributed by atoms with E-state index in [4.69, 9.17) is 4.74 Å². The van der Waals surface area contributed by atoms with E-state index in [1.165, 1.54) is 6.20 Å². The third kappa shape index (κ3) is 3.52. The second kappa shape index (κ2) is 5.90. The van der Waals surface area contributed by atoms with Crippen molar-refractivity contribution in [2.24, 2.45) is 0 Å². The van der Waals surface area contributed by atoms with Crippen LogP contribution in [0.15, 0.2) is 18.3 Å². The Morgan fingerprint density at radius 1 is 1.45 bits per heavy atom. The minimum absolute atomic E-state index is 0.0918. The van der Waals surface area contributed by atoms with Gasteiger partial charge in [0.2, 0.25) is 5.95 Å².